The van der Waals surface area contributed by atoms with Crippen molar-refractivity contribution in [2.45, 2.75) is 45.3 Å². The number of benzene rings is 2. The number of anilines is 1. The van der Waals surface area contributed by atoms with Crippen molar-refractivity contribution < 1.29 is 9.53 Å². The maximum atomic E-state index is 12.8. The van der Waals surface area contributed by atoms with E-state index in [0.717, 1.165) is 47.4 Å². The van der Waals surface area contributed by atoms with E-state index in [1.165, 1.54) is 6.42 Å². The van der Waals surface area contributed by atoms with Crippen LogP contribution in [0.5, 0.6) is 0 Å². The molecule has 3 aromatic rings. The predicted octanol–water partition coefficient (Wildman–Crippen LogP) is 4.89. The van der Waals surface area contributed by atoms with Gasteiger partial charge in [0.2, 0.25) is 0 Å². The first-order valence-electron chi connectivity index (χ1n) is 10.4. The van der Waals surface area contributed by atoms with E-state index in [9.17, 15) is 4.79 Å². The summed E-state index contributed by atoms with van der Waals surface area (Å²) in [6, 6.07) is 16.2. The minimum atomic E-state index is -0.182. The van der Waals surface area contributed by atoms with Crippen LogP contribution < -0.4 is 4.90 Å². The summed E-state index contributed by atoms with van der Waals surface area (Å²) in [5.74, 6) is 1.24. The first-order valence-corrected chi connectivity index (χ1v) is 10.4. The molecule has 2 unspecified atom stereocenters. The highest BCUT2D eigenvalue weighted by Crippen LogP contribution is 2.28. The molecule has 1 aliphatic rings. The Balaban J connectivity index is 1.62. The number of hydrogen-bond donors (Lipinski definition) is 0. The fourth-order valence-corrected chi connectivity index (χ4v) is 4.20. The summed E-state index contributed by atoms with van der Waals surface area (Å²) in [7, 11) is 4.04. The van der Waals surface area contributed by atoms with Gasteiger partial charge >= 0.3 is 5.97 Å². The Hall–Kier alpha value is -2.82. The normalized spacial score (nSPS) is 19.3. The van der Waals surface area contributed by atoms with Crippen molar-refractivity contribution in [1.29, 1.82) is 0 Å². The molecular weight excluding hydrogens is 362 g/mol. The summed E-state index contributed by atoms with van der Waals surface area (Å²) in [6.45, 7) is 2.41. The van der Waals surface area contributed by atoms with Crippen LogP contribution in [0.3, 0.4) is 0 Å². The molecule has 5 nitrogen and oxygen atoms in total. The lowest BCUT2D eigenvalue weighted by atomic mass is 9.89. The monoisotopic (exact) mass is 391 g/mol. The molecule has 2 atom stereocenters. The molecule has 152 valence electrons. The van der Waals surface area contributed by atoms with Crippen molar-refractivity contribution in [3.63, 3.8) is 0 Å². The van der Waals surface area contributed by atoms with Gasteiger partial charge in [-0.3, -0.25) is 4.79 Å². The van der Waals surface area contributed by atoms with Crippen LogP contribution in [-0.2, 0) is 16.1 Å². The van der Waals surface area contributed by atoms with Gasteiger partial charge in [-0.25, -0.2) is 4.98 Å². The van der Waals surface area contributed by atoms with Crippen LogP contribution in [0, 0.1) is 5.92 Å². The topological polar surface area (TPSA) is 47.4 Å². The maximum Gasteiger partial charge on any atom is 0.326 e. The standard InChI is InChI=1S/C24H29N3O2/c1-17-7-6-8-20(15-17)29-23(28)16-27-22-10-5-4-9-21(22)25-24(27)18-11-13-19(14-12-18)26(2)3/h4-5,9-14,17,20H,6-8,15-16H2,1-3H3. The highest BCUT2D eigenvalue weighted by atomic mass is 16.5. The number of esters is 1. The van der Waals surface area contributed by atoms with Crippen LogP contribution >= 0.6 is 0 Å². The van der Waals surface area contributed by atoms with Gasteiger partial charge in [0.25, 0.3) is 0 Å². The van der Waals surface area contributed by atoms with Gasteiger partial charge in [-0.2, -0.15) is 0 Å². The number of fused-ring (bicyclic) bond motifs is 1. The molecule has 0 saturated heterocycles. The molecule has 0 N–H and O–H groups in total. The van der Waals surface area contributed by atoms with Gasteiger partial charge in [0.1, 0.15) is 18.5 Å². The third-order valence-corrected chi connectivity index (χ3v) is 5.77. The van der Waals surface area contributed by atoms with Gasteiger partial charge in [-0.05, 0) is 61.6 Å². The highest BCUT2D eigenvalue weighted by Gasteiger charge is 2.23. The molecule has 1 fully saturated rings. The summed E-state index contributed by atoms with van der Waals surface area (Å²) >= 11 is 0. The van der Waals surface area contributed by atoms with Gasteiger partial charge in [0.15, 0.2) is 0 Å². The number of carbonyl (C=O) groups excluding carboxylic acids is 1. The highest BCUT2D eigenvalue weighted by molar-refractivity contribution is 5.83. The van der Waals surface area contributed by atoms with Crippen molar-refractivity contribution in [3.05, 3.63) is 48.5 Å². The molecular formula is C24H29N3O2. The summed E-state index contributed by atoms with van der Waals surface area (Å²) in [6.07, 6.45) is 4.35. The van der Waals surface area contributed by atoms with E-state index in [1.54, 1.807) is 0 Å². The largest absolute Gasteiger partial charge is 0.461 e. The Morgan fingerprint density at radius 1 is 1.14 bits per heavy atom. The first kappa shape index (κ1) is 19.5. The van der Waals surface area contributed by atoms with Crippen LogP contribution in [0.4, 0.5) is 5.69 Å². The summed E-state index contributed by atoms with van der Waals surface area (Å²) < 4.78 is 7.81. The van der Waals surface area contributed by atoms with E-state index < -0.39 is 0 Å². The molecule has 0 spiro atoms. The van der Waals surface area contributed by atoms with Gasteiger partial charge in [-0.1, -0.05) is 25.5 Å². The summed E-state index contributed by atoms with van der Waals surface area (Å²) in [5.41, 5.74) is 3.96. The van der Waals surface area contributed by atoms with E-state index in [1.807, 2.05) is 42.9 Å². The third kappa shape index (κ3) is 4.29. The van der Waals surface area contributed by atoms with Gasteiger partial charge in [0.05, 0.1) is 11.0 Å². The second-order valence-electron chi connectivity index (χ2n) is 8.34. The zero-order valence-corrected chi connectivity index (χ0v) is 17.5. The van der Waals surface area contributed by atoms with Gasteiger partial charge < -0.3 is 14.2 Å². The first-order chi connectivity index (χ1) is 14.0. The van der Waals surface area contributed by atoms with Crippen LogP contribution in [-0.4, -0.2) is 35.7 Å². The molecule has 0 aliphatic heterocycles. The molecule has 0 bridgehead atoms. The zero-order valence-electron chi connectivity index (χ0n) is 17.5. The Bertz CT molecular complexity index is 991. The number of aromatic nitrogens is 2. The van der Waals surface area contributed by atoms with Crippen molar-refractivity contribution in [1.82, 2.24) is 9.55 Å². The molecule has 0 radical (unpaired) electrons. The van der Waals surface area contributed by atoms with Crippen molar-refractivity contribution in [2.75, 3.05) is 19.0 Å². The second kappa shape index (κ2) is 8.27. The number of carbonyl (C=O) groups is 1. The Kier molecular flexibility index (Phi) is 5.56. The summed E-state index contributed by atoms with van der Waals surface area (Å²) in [5, 5.41) is 0. The Morgan fingerprint density at radius 3 is 2.62 bits per heavy atom. The molecule has 1 aliphatic carbocycles. The number of imidazole rings is 1. The average molecular weight is 392 g/mol. The van der Waals surface area contributed by atoms with Crippen LogP contribution in [0.15, 0.2) is 48.5 Å². The number of nitrogens with zero attached hydrogens (tertiary/aromatic N) is 3. The SMILES string of the molecule is CC1CCCC(OC(=O)Cn2c(-c3ccc(N(C)C)cc3)nc3ccccc32)C1. The van der Waals surface area contributed by atoms with E-state index in [-0.39, 0.29) is 18.6 Å². The second-order valence-corrected chi connectivity index (χ2v) is 8.34. The molecule has 0 amide bonds. The summed E-state index contributed by atoms with van der Waals surface area (Å²) in [4.78, 5) is 19.7. The fourth-order valence-electron chi connectivity index (χ4n) is 4.20. The van der Waals surface area contributed by atoms with E-state index in [2.05, 4.69) is 36.1 Å². The van der Waals surface area contributed by atoms with Crippen LogP contribution in [0.1, 0.15) is 32.6 Å². The van der Waals surface area contributed by atoms with Gasteiger partial charge in [0, 0.05) is 25.3 Å². The number of hydrogen-bond acceptors (Lipinski definition) is 4. The van der Waals surface area contributed by atoms with Crippen LogP contribution in [0.25, 0.3) is 22.4 Å². The molecule has 1 saturated carbocycles. The van der Waals surface area contributed by atoms with E-state index in [0.29, 0.717) is 5.92 Å². The zero-order chi connectivity index (χ0) is 20.4. The third-order valence-electron chi connectivity index (χ3n) is 5.77. The van der Waals surface area contributed by atoms with Crippen molar-refractivity contribution >= 4 is 22.7 Å². The molecule has 1 heterocycles. The van der Waals surface area contributed by atoms with E-state index >= 15 is 0 Å². The lowest BCUT2D eigenvalue weighted by Gasteiger charge is -2.26. The maximum absolute atomic E-state index is 12.8. The molecule has 5 heteroatoms. The van der Waals surface area contributed by atoms with E-state index in [4.69, 9.17) is 9.72 Å². The minimum Gasteiger partial charge on any atom is -0.461 e. The van der Waals surface area contributed by atoms with Crippen molar-refractivity contribution in [3.8, 4) is 11.4 Å². The molecule has 29 heavy (non-hydrogen) atoms. The van der Waals surface area contributed by atoms with Gasteiger partial charge in [-0.15, -0.1) is 0 Å². The molecule has 1 aromatic heterocycles. The lowest BCUT2D eigenvalue weighted by molar-refractivity contribution is -0.151. The number of rotatable bonds is 5. The van der Waals surface area contributed by atoms with Crippen molar-refractivity contribution in [2.24, 2.45) is 5.92 Å². The Labute approximate surface area is 172 Å². The quantitative estimate of drug-likeness (QED) is 0.581. The Morgan fingerprint density at radius 2 is 1.90 bits per heavy atom. The van der Waals surface area contributed by atoms with Crippen LogP contribution in [0.2, 0.25) is 0 Å². The number of para-hydroxylation sites is 2. The average Bonchev–Trinajstić information content (AvgIpc) is 3.06. The minimum absolute atomic E-state index is 0.0452. The smallest absolute Gasteiger partial charge is 0.326 e. The predicted molar refractivity (Wildman–Crippen MR) is 117 cm³/mol. The fraction of sp³-hybridized carbons (Fsp3) is 0.417. The molecule has 2 aromatic carbocycles. The number of ether oxygens (including phenoxy) is 1. The molecule has 4 rings (SSSR count). The lowest BCUT2D eigenvalue weighted by Crippen LogP contribution is -2.26.